The van der Waals surface area contributed by atoms with Crippen molar-refractivity contribution in [3.63, 3.8) is 0 Å². The average molecular weight is 405 g/mol. The molecular weight excluding hydrogens is 391 g/mol. The van der Waals surface area contributed by atoms with Gasteiger partial charge in [-0.05, 0) is 36.4 Å². The van der Waals surface area contributed by atoms with Crippen LogP contribution in [0.4, 0.5) is 13.2 Å². The van der Waals surface area contributed by atoms with Gasteiger partial charge in [0.25, 0.3) is 11.5 Å². The zero-order valence-electron chi connectivity index (χ0n) is 14.8. The van der Waals surface area contributed by atoms with Crippen molar-refractivity contribution in [2.45, 2.75) is 12.8 Å². The fourth-order valence-electron chi connectivity index (χ4n) is 2.45. The van der Waals surface area contributed by atoms with E-state index in [1.54, 1.807) is 24.4 Å². The number of esters is 1. The van der Waals surface area contributed by atoms with Gasteiger partial charge in [-0.15, -0.1) is 0 Å². The highest BCUT2D eigenvalue weighted by molar-refractivity contribution is 5.95. The van der Waals surface area contributed by atoms with Gasteiger partial charge in [0.2, 0.25) is 0 Å². The Morgan fingerprint density at radius 2 is 1.83 bits per heavy atom. The molecule has 0 spiro atoms. The molecule has 0 bridgehead atoms. The van der Waals surface area contributed by atoms with E-state index < -0.39 is 30.2 Å². The Bertz CT molecular complexity index is 1110. The summed E-state index contributed by atoms with van der Waals surface area (Å²) in [5.74, 6) is -1.52. The van der Waals surface area contributed by atoms with Crippen molar-refractivity contribution in [1.82, 2.24) is 14.7 Å². The van der Waals surface area contributed by atoms with Gasteiger partial charge in [0.15, 0.2) is 0 Å². The summed E-state index contributed by atoms with van der Waals surface area (Å²) >= 11 is 0. The minimum atomic E-state index is -4.50. The van der Waals surface area contributed by atoms with Crippen LogP contribution in [0.15, 0.2) is 59.5 Å². The van der Waals surface area contributed by atoms with Crippen molar-refractivity contribution in [1.29, 1.82) is 0 Å². The maximum Gasteiger partial charge on any atom is 0.416 e. The minimum Gasteiger partial charge on any atom is -0.458 e. The molecule has 0 aliphatic carbocycles. The van der Waals surface area contributed by atoms with E-state index >= 15 is 0 Å². The molecule has 0 aliphatic rings. The molecule has 2 heterocycles. The van der Waals surface area contributed by atoms with Crippen molar-refractivity contribution < 1.29 is 27.5 Å². The molecule has 0 fully saturated rings. The molecule has 2 aromatic heterocycles. The number of aromatic nitrogens is 2. The Labute approximate surface area is 161 Å². The lowest BCUT2D eigenvalue weighted by atomic mass is 10.1. The first kappa shape index (κ1) is 20.1. The predicted octanol–water partition coefficient (Wildman–Crippen LogP) is 2.19. The number of hydrogen-bond acceptors (Lipinski definition) is 5. The third-order valence-corrected chi connectivity index (χ3v) is 3.87. The van der Waals surface area contributed by atoms with Gasteiger partial charge in [-0.3, -0.25) is 18.8 Å². The second-order valence-corrected chi connectivity index (χ2v) is 5.93. The highest BCUT2D eigenvalue weighted by atomic mass is 19.4. The molecule has 1 N–H and O–H groups in total. The van der Waals surface area contributed by atoms with Gasteiger partial charge in [0.1, 0.15) is 18.8 Å². The Balaban J connectivity index is 1.53. The van der Waals surface area contributed by atoms with Crippen molar-refractivity contribution in [2.75, 3.05) is 6.54 Å². The van der Waals surface area contributed by atoms with Gasteiger partial charge in [-0.25, -0.2) is 4.98 Å². The molecule has 1 aromatic carbocycles. The number of halogens is 3. The molecule has 7 nitrogen and oxygen atoms in total. The smallest absolute Gasteiger partial charge is 0.416 e. The Morgan fingerprint density at radius 3 is 2.52 bits per heavy atom. The number of rotatable bonds is 5. The van der Waals surface area contributed by atoms with Crippen LogP contribution in [-0.4, -0.2) is 27.8 Å². The van der Waals surface area contributed by atoms with Gasteiger partial charge >= 0.3 is 12.1 Å². The monoisotopic (exact) mass is 405 g/mol. The maximum absolute atomic E-state index is 12.5. The average Bonchev–Trinajstić information content (AvgIpc) is 2.70. The number of ether oxygens (including phenoxy) is 1. The third-order valence-electron chi connectivity index (χ3n) is 3.87. The molecule has 150 valence electrons. The van der Waals surface area contributed by atoms with Crippen LogP contribution in [0.5, 0.6) is 0 Å². The number of carbonyl (C=O) groups is 2. The number of benzene rings is 1. The molecule has 3 aromatic rings. The van der Waals surface area contributed by atoms with Crippen molar-refractivity contribution in [2.24, 2.45) is 0 Å². The van der Waals surface area contributed by atoms with Gasteiger partial charge in [0.05, 0.1) is 11.3 Å². The first-order chi connectivity index (χ1) is 13.7. The van der Waals surface area contributed by atoms with Crippen LogP contribution in [0.25, 0.3) is 5.65 Å². The summed E-state index contributed by atoms with van der Waals surface area (Å²) in [5.41, 5.74) is -0.621. The quantitative estimate of drug-likeness (QED) is 0.658. The van der Waals surface area contributed by atoms with E-state index in [2.05, 4.69) is 10.3 Å². The molecule has 0 atom stereocenters. The largest absolute Gasteiger partial charge is 0.458 e. The summed E-state index contributed by atoms with van der Waals surface area (Å²) < 4.78 is 43.9. The zero-order valence-corrected chi connectivity index (χ0v) is 14.8. The Kier molecular flexibility index (Phi) is 5.62. The molecule has 1 amide bonds. The molecule has 0 saturated heterocycles. The second-order valence-electron chi connectivity index (χ2n) is 5.93. The van der Waals surface area contributed by atoms with Crippen LogP contribution in [0, 0.1) is 0 Å². The number of nitrogens with one attached hydrogen (secondary N) is 1. The molecule has 3 rings (SSSR count). The first-order valence-corrected chi connectivity index (χ1v) is 8.32. The molecule has 0 aliphatic heterocycles. The van der Waals surface area contributed by atoms with E-state index in [-0.39, 0.29) is 23.4 Å². The van der Waals surface area contributed by atoms with Gasteiger partial charge in [-0.1, -0.05) is 6.07 Å². The zero-order chi connectivity index (χ0) is 21.0. The molecule has 0 radical (unpaired) electrons. The van der Waals surface area contributed by atoms with Gasteiger partial charge < -0.3 is 10.1 Å². The summed E-state index contributed by atoms with van der Waals surface area (Å²) in [6.45, 7) is -0.762. The molecule has 29 heavy (non-hydrogen) atoms. The number of nitrogens with zero attached hydrogens (tertiary/aromatic N) is 2. The number of hydrogen-bond donors (Lipinski definition) is 1. The lowest BCUT2D eigenvalue weighted by molar-refractivity contribution is -0.143. The van der Waals surface area contributed by atoms with Crippen LogP contribution in [0.2, 0.25) is 0 Å². The topological polar surface area (TPSA) is 89.8 Å². The van der Waals surface area contributed by atoms with E-state index in [0.717, 1.165) is 24.3 Å². The normalized spacial score (nSPS) is 11.3. The summed E-state index contributed by atoms with van der Waals surface area (Å²) in [5, 5.41) is 2.25. The Hall–Kier alpha value is -3.69. The first-order valence-electron chi connectivity index (χ1n) is 8.32. The fourth-order valence-corrected chi connectivity index (χ4v) is 2.45. The van der Waals surface area contributed by atoms with E-state index in [1.807, 2.05) is 0 Å². The number of amides is 1. The summed E-state index contributed by atoms with van der Waals surface area (Å²) in [6, 6.07) is 9.79. The lowest BCUT2D eigenvalue weighted by Gasteiger charge is -2.09. The van der Waals surface area contributed by atoms with Gasteiger partial charge in [-0.2, -0.15) is 13.2 Å². The molecule has 0 saturated carbocycles. The SMILES string of the molecule is O=C(CNC(=O)c1ccc(C(F)(F)F)cc1)OCc1cc(=O)n2ccccc2n1. The van der Waals surface area contributed by atoms with Crippen molar-refractivity contribution in [3.05, 3.63) is 81.9 Å². The molecular formula is C19H14F3N3O4. The van der Waals surface area contributed by atoms with Crippen LogP contribution in [-0.2, 0) is 22.3 Å². The van der Waals surface area contributed by atoms with Crippen LogP contribution < -0.4 is 10.9 Å². The maximum atomic E-state index is 12.5. The predicted molar refractivity (Wildman–Crippen MR) is 95.0 cm³/mol. The van der Waals surface area contributed by atoms with E-state index in [9.17, 15) is 27.6 Å². The summed E-state index contributed by atoms with van der Waals surface area (Å²) in [4.78, 5) is 39.9. The van der Waals surface area contributed by atoms with Crippen LogP contribution in [0.1, 0.15) is 21.6 Å². The lowest BCUT2D eigenvalue weighted by Crippen LogP contribution is -2.30. The standard InChI is InChI=1S/C19H14F3N3O4/c20-19(21,22)13-6-4-12(5-7-13)18(28)23-10-17(27)29-11-14-9-16(26)25-8-2-1-3-15(25)24-14/h1-9H,10-11H2,(H,23,28). The minimum absolute atomic E-state index is 0.0324. The van der Waals surface area contributed by atoms with Crippen molar-refractivity contribution in [3.8, 4) is 0 Å². The van der Waals surface area contributed by atoms with E-state index in [0.29, 0.717) is 5.65 Å². The highest BCUT2D eigenvalue weighted by Gasteiger charge is 2.30. The molecule has 10 heteroatoms. The number of alkyl halides is 3. The van der Waals surface area contributed by atoms with Gasteiger partial charge in [0, 0.05) is 17.8 Å². The Morgan fingerprint density at radius 1 is 1.10 bits per heavy atom. The summed E-state index contributed by atoms with van der Waals surface area (Å²) in [7, 11) is 0. The van der Waals surface area contributed by atoms with E-state index in [4.69, 9.17) is 4.74 Å². The van der Waals surface area contributed by atoms with E-state index in [1.165, 1.54) is 10.5 Å². The van der Waals surface area contributed by atoms with Crippen molar-refractivity contribution >= 4 is 17.5 Å². The third kappa shape index (κ3) is 4.98. The number of carbonyl (C=O) groups excluding carboxylic acids is 2. The number of fused-ring (bicyclic) bond motifs is 1. The highest BCUT2D eigenvalue weighted by Crippen LogP contribution is 2.29. The summed E-state index contributed by atoms with van der Waals surface area (Å²) in [6.07, 6.45) is -2.95. The fraction of sp³-hybridized carbons (Fsp3) is 0.158. The van der Waals surface area contributed by atoms with Crippen LogP contribution in [0.3, 0.4) is 0 Å². The second kappa shape index (κ2) is 8.13. The van der Waals surface area contributed by atoms with Crippen LogP contribution >= 0.6 is 0 Å². The molecule has 0 unspecified atom stereocenters. The number of pyridine rings is 1.